The fourth-order valence-corrected chi connectivity index (χ4v) is 3.06. The molecule has 0 radical (unpaired) electrons. The normalized spacial score (nSPS) is 12.4. The van der Waals surface area contributed by atoms with E-state index in [0.717, 1.165) is 0 Å². The minimum absolute atomic E-state index is 0.211. The minimum Gasteiger partial charge on any atom is -0.497 e. The van der Waals surface area contributed by atoms with Gasteiger partial charge in [0.15, 0.2) is 5.75 Å². The van der Waals surface area contributed by atoms with Crippen LogP contribution in [0.25, 0.3) is 0 Å². The van der Waals surface area contributed by atoms with Crippen molar-refractivity contribution < 1.29 is 19.1 Å². The molecule has 28 heavy (non-hydrogen) atoms. The largest absolute Gasteiger partial charge is 0.497 e. The molecule has 0 atom stereocenters. The Labute approximate surface area is 162 Å². The highest BCUT2D eigenvalue weighted by molar-refractivity contribution is 6.11. The SMILES string of the molecule is COc1cccc(C(=O)Nc2ccc3c(c2)C(=O)N(C)c2ccccc2O3)c1. The maximum Gasteiger partial charge on any atom is 0.261 e. The van der Waals surface area contributed by atoms with E-state index in [9.17, 15) is 9.59 Å². The quantitative estimate of drug-likeness (QED) is 0.741. The van der Waals surface area contributed by atoms with E-state index in [1.54, 1.807) is 56.6 Å². The summed E-state index contributed by atoms with van der Waals surface area (Å²) in [6, 6.07) is 19.2. The summed E-state index contributed by atoms with van der Waals surface area (Å²) < 4.78 is 11.1. The van der Waals surface area contributed by atoms with E-state index in [-0.39, 0.29) is 11.8 Å². The summed E-state index contributed by atoms with van der Waals surface area (Å²) in [7, 11) is 3.24. The van der Waals surface area contributed by atoms with Gasteiger partial charge in [0.2, 0.25) is 0 Å². The molecular formula is C22H18N2O4. The van der Waals surface area contributed by atoms with Crippen LogP contribution in [0, 0.1) is 0 Å². The lowest BCUT2D eigenvalue weighted by Crippen LogP contribution is -2.25. The van der Waals surface area contributed by atoms with Gasteiger partial charge in [-0.25, -0.2) is 0 Å². The van der Waals surface area contributed by atoms with E-state index < -0.39 is 0 Å². The molecule has 2 amide bonds. The van der Waals surface area contributed by atoms with Crippen molar-refractivity contribution in [2.45, 2.75) is 0 Å². The zero-order chi connectivity index (χ0) is 19.7. The van der Waals surface area contributed by atoms with Gasteiger partial charge >= 0.3 is 0 Å². The number of fused-ring (bicyclic) bond motifs is 2. The van der Waals surface area contributed by atoms with Crippen molar-refractivity contribution in [3.05, 3.63) is 77.9 Å². The Kier molecular flexibility index (Phi) is 4.45. The average Bonchev–Trinajstić information content (AvgIpc) is 2.83. The van der Waals surface area contributed by atoms with Crippen LogP contribution in [-0.2, 0) is 0 Å². The van der Waals surface area contributed by atoms with Gasteiger partial charge in [0.05, 0.1) is 18.4 Å². The summed E-state index contributed by atoms with van der Waals surface area (Å²) in [5.41, 5.74) is 2.03. The molecule has 4 rings (SSSR count). The van der Waals surface area contributed by atoms with E-state index in [1.807, 2.05) is 24.3 Å². The summed E-state index contributed by atoms with van der Waals surface area (Å²) >= 11 is 0. The molecule has 6 heteroatoms. The molecule has 3 aromatic carbocycles. The van der Waals surface area contributed by atoms with E-state index >= 15 is 0 Å². The highest BCUT2D eigenvalue weighted by Crippen LogP contribution is 2.38. The standard InChI is InChI=1S/C22H18N2O4/c1-24-18-8-3-4-9-20(18)28-19-11-10-15(13-17(19)22(24)26)23-21(25)14-6-5-7-16(12-14)27-2/h3-13H,1-2H3,(H,23,25). The molecule has 0 aliphatic carbocycles. The van der Waals surface area contributed by atoms with Crippen LogP contribution in [0.5, 0.6) is 17.2 Å². The molecule has 1 N–H and O–H groups in total. The third-order valence-corrected chi connectivity index (χ3v) is 4.55. The van der Waals surface area contributed by atoms with Gasteiger partial charge in [0, 0.05) is 18.3 Å². The van der Waals surface area contributed by atoms with Crippen LogP contribution in [0.2, 0.25) is 0 Å². The lowest BCUT2D eigenvalue weighted by Gasteiger charge is -2.16. The van der Waals surface area contributed by atoms with Crippen LogP contribution < -0.4 is 19.7 Å². The first kappa shape index (κ1) is 17.6. The Morgan fingerprint density at radius 3 is 2.64 bits per heavy atom. The van der Waals surface area contributed by atoms with Crippen molar-refractivity contribution in [1.29, 1.82) is 0 Å². The highest BCUT2D eigenvalue weighted by Gasteiger charge is 2.26. The molecule has 0 unspecified atom stereocenters. The molecule has 1 heterocycles. The monoisotopic (exact) mass is 374 g/mol. The number of nitrogens with one attached hydrogen (secondary N) is 1. The molecule has 0 spiro atoms. The zero-order valence-electron chi connectivity index (χ0n) is 15.4. The second kappa shape index (κ2) is 7.08. The molecule has 1 aliphatic rings. The number of carbonyl (C=O) groups excluding carboxylic acids is 2. The first-order valence-corrected chi connectivity index (χ1v) is 8.71. The Morgan fingerprint density at radius 1 is 1.00 bits per heavy atom. The van der Waals surface area contributed by atoms with Gasteiger partial charge in [0.1, 0.15) is 11.5 Å². The maximum atomic E-state index is 12.9. The molecule has 6 nitrogen and oxygen atoms in total. The number of amides is 2. The van der Waals surface area contributed by atoms with E-state index in [2.05, 4.69) is 5.32 Å². The smallest absolute Gasteiger partial charge is 0.261 e. The Morgan fingerprint density at radius 2 is 1.82 bits per heavy atom. The third-order valence-electron chi connectivity index (χ3n) is 4.55. The van der Waals surface area contributed by atoms with Gasteiger partial charge in [-0.2, -0.15) is 0 Å². The van der Waals surface area contributed by atoms with E-state index in [0.29, 0.717) is 39.8 Å². The van der Waals surface area contributed by atoms with Gasteiger partial charge in [-0.1, -0.05) is 18.2 Å². The number of nitrogens with zero attached hydrogens (tertiary/aromatic N) is 1. The average molecular weight is 374 g/mol. The van der Waals surface area contributed by atoms with Crippen LogP contribution in [0.4, 0.5) is 11.4 Å². The number of hydrogen-bond acceptors (Lipinski definition) is 4. The number of carbonyl (C=O) groups is 2. The van der Waals surface area contributed by atoms with E-state index in [1.165, 1.54) is 4.90 Å². The lowest BCUT2D eigenvalue weighted by atomic mass is 10.1. The van der Waals surface area contributed by atoms with Crippen LogP contribution in [0.15, 0.2) is 66.7 Å². The summed E-state index contributed by atoms with van der Waals surface area (Å²) in [5, 5.41) is 2.82. The van der Waals surface area contributed by atoms with Crippen molar-refractivity contribution in [3.63, 3.8) is 0 Å². The molecule has 140 valence electrons. The second-order valence-corrected chi connectivity index (χ2v) is 6.33. The Hall–Kier alpha value is -3.80. The Bertz CT molecular complexity index is 1080. The summed E-state index contributed by atoms with van der Waals surface area (Å²) in [4.78, 5) is 27.0. The van der Waals surface area contributed by atoms with E-state index in [4.69, 9.17) is 9.47 Å². The zero-order valence-corrected chi connectivity index (χ0v) is 15.4. The molecule has 0 fully saturated rings. The van der Waals surface area contributed by atoms with Gasteiger partial charge < -0.3 is 19.7 Å². The molecular weight excluding hydrogens is 356 g/mol. The van der Waals surface area contributed by atoms with Crippen LogP contribution >= 0.6 is 0 Å². The van der Waals surface area contributed by atoms with Crippen molar-refractivity contribution >= 4 is 23.2 Å². The summed E-state index contributed by atoms with van der Waals surface area (Å²) in [6.07, 6.45) is 0. The summed E-state index contributed by atoms with van der Waals surface area (Å²) in [6.45, 7) is 0. The van der Waals surface area contributed by atoms with Gasteiger partial charge in [-0.3, -0.25) is 9.59 Å². The fraction of sp³-hybridized carbons (Fsp3) is 0.0909. The predicted molar refractivity (Wildman–Crippen MR) is 107 cm³/mol. The van der Waals surface area contributed by atoms with Crippen LogP contribution in [0.3, 0.4) is 0 Å². The van der Waals surface area contributed by atoms with Gasteiger partial charge in [-0.15, -0.1) is 0 Å². The number of para-hydroxylation sites is 2. The number of benzene rings is 3. The number of hydrogen-bond donors (Lipinski definition) is 1. The number of ether oxygens (including phenoxy) is 2. The minimum atomic E-state index is -0.294. The molecule has 0 saturated heterocycles. The summed E-state index contributed by atoms with van der Waals surface area (Å²) in [5.74, 6) is 1.14. The first-order chi connectivity index (χ1) is 13.6. The van der Waals surface area contributed by atoms with Crippen LogP contribution in [0.1, 0.15) is 20.7 Å². The number of anilines is 2. The van der Waals surface area contributed by atoms with Crippen molar-refractivity contribution in [2.24, 2.45) is 0 Å². The first-order valence-electron chi connectivity index (χ1n) is 8.71. The van der Waals surface area contributed by atoms with Crippen molar-refractivity contribution in [3.8, 4) is 17.2 Å². The van der Waals surface area contributed by atoms with Crippen molar-refractivity contribution in [1.82, 2.24) is 0 Å². The Balaban J connectivity index is 1.64. The molecule has 0 bridgehead atoms. The van der Waals surface area contributed by atoms with Gasteiger partial charge in [0.25, 0.3) is 11.8 Å². The van der Waals surface area contributed by atoms with Gasteiger partial charge in [-0.05, 0) is 48.5 Å². The van der Waals surface area contributed by atoms with Crippen molar-refractivity contribution in [2.75, 3.05) is 24.4 Å². The molecule has 1 aliphatic heterocycles. The maximum absolute atomic E-state index is 12.9. The molecule has 0 aromatic heterocycles. The number of rotatable bonds is 3. The molecule has 0 saturated carbocycles. The third kappa shape index (κ3) is 3.16. The predicted octanol–water partition coefficient (Wildman–Crippen LogP) is 4.33. The lowest BCUT2D eigenvalue weighted by molar-refractivity contribution is 0.0990. The topological polar surface area (TPSA) is 67.9 Å². The fourth-order valence-electron chi connectivity index (χ4n) is 3.06. The second-order valence-electron chi connectivity index (χ2n) is 6.33. The number of methoxy groups -OCH3 is 1. The molecule has 3 aromatic rings. The highest BCUT2D eigenvalue weighted by atomic mass is 16.5. The van der Waals surface area contributed by atoms with Crippen LogP contribution in [-0.4, -0.2) is 26.0 Å².